The molecular weight excluding hydrogens is 428 g/mol. The van der Waals surface area contributed by atoms with Crippen LogP contribution < -0.4 is 0 Å². The third-order valence-electron chi connectivity index (χ3n) is 4.01. The van der Waals surface area contributed by atoms with E-state index in [1.807, 2.05) is 0 Å². The minimum atomic E-state index is -4.33. The zero-order valence-electron chi connectivity index (χ0n) is 16.8. The lowest BCUT2D eigenvalue weighted by atomic mass is 10.0. The van der Waals surface area contributed by atoms with Crippen molar-refractivity contribution < 1.29 is 32.4 Å². The van der Waals surface area contributed by atoms with E-state index in [-0.39, 0.29) is 16.1 Å². The Balaban J connectivity index is 2.77. The van der Waals surface area contributed by atoms with Crippen molar-refractivity contribution in [3.63, 3.8) is 0 Å². The summed E-state index contributed by atoms with van der Waals surface area (Å²) in [5, 5.41) is 10.9. The van der Waals surface area contributed by atoms with Crippen molar-refractivity contribution in [3.05, 3.63) is 81.4 Å². The molecule has 0 bridgehead atoms. The second kappa shape index (κ2) is 9.76. The maximum absolute atomic E-state index is 12.9. The van der Waals surface area contributed by atoms with Gasteiger partial charge in [0.25, 0.3) is 15.7 Å². The Morgan fingerprint density at radius 3 is 2.06 bits per heavy atom. The van der Waals surface area contributed by atoms with Crippen LogP contribution in [0.15, 0.2) is 69.5 Å². The molecule has 0 unspecified atom stereocenters. The molecule has 0 fully saturated rings. The fourth-order valence-corrected chi connectivity index (χ4v) is 3.42. The molecule has 0 saturated carbocycles. The molecule has 0 atom stereocenters. The van der Waals surface area contributed by atoms with Gasteiger partial charge in [-0.1, -0.05) is 17.7 Å². The molecule has 0 N–H and O–H groups in total. The summed E-state index contributed by atoms with van der Waals surface area (Å²) in [5.74, 6) is -2.01. The number of methoxy groups -OCH3 is 2. The predicted octanol–water partition coefficient (Wildman–Crippen LogP) is 2.35. The van der Waals surface area contributed by atoms with E-state index in [1.165, 1.54) is 24.3 Å². The number of nitrogens with zero attached hydrogens (tertiary/aromatic N) is 2. The molecule has 0 aliphatic heterocycles. The summed E-state index contributed by atoms with van der Waals surface area (Å²) in [6.07, 6.45) is 0.733. The Bertz CT molecular complexity index is 1160. The number of benzene rings is 2. The third kappa shape index (κ3) is 5.82. The number of ether oxygens (including phenoxy) is 2. The van der Waals surface area contributed by atoms with E-state index in [4.69, 9.17) is 0 Å². The molecule has 2 rings (SSSR count). The molecule has 162 valence electrons. The SMILES string of the molecule is COC(=O)/C=C(C(=O)OC)\C(=N\S(=O)(=O)c1ccc(C)cc1)c1ccc([N+](=O)[O-])cc1. The highest BCUT2D eigenvalue weighted by atomic mass is 32.2. The number of hydrogen-bond donors (Lipinski definition) is 0. The van der Waals surface area contributed by atoms with Crippen LogP contribution in [0.1, 0.15) is 11.1 Å². The first kappa shape index (κ1) is 23.4. The largest absolute Gasteiger partial charge is 0.466 e. The second-order valence-corrected chi connectivity index (χ2v) is 7.71. The van der Waals surface area contributed by atoms with Gasteiger partial charge in [-0.05, 0) is 31.2 Å². The summed E-state index contributed by atoms with van der Waals surface area (Å²) < 4.78 is 38.7. The number of aryl methyl sites for hydroxylation is 1. The number of esters is 2. The van der Waals surface area contributed by atoms with Gasteiger partial charge in [0.2, 0.25) is 0 Å². The van der Waals surface area contributed by atoms with E-state index in [0.717, 1.165) is 38.0 Å². The second-order valence-electron chi connectivity index (χ2n) is 6.10. The first-order valence-electron chi connectivity index (χ1n) is 8.64. The lowest BCUT2D eigenvalue weighted by Gasteiger charge is -2.10. The standard InChI is InChI=1S/C20H18N2O8S/c1-13-4-10-16(11-5-13)31(27,28)21-19(14-6-8-15(9-7-14)22(25)26)17(20(24)30-3)12-18(23)29-2/h4-12H,1-3H3/b17-12+,21-19+. The molecule has 10 nitrogen and oxygen atoms in total. The lowest BCUT2D eigenvalue weighted by Crippen LogP contribution is -2.19. The summed E-state index contributed by atoms with van der Waals surface area (Å²) in [6, 6.07) is 10.4. The molecule has 0 aliphatic rings. The van der Waals surface area contributed by atoms with Crippen LogP contribution in [0.2, 0.25) is 0 Å². The monoisotopic (exact) mass is 446 g/mol. The molecule has 2 aromatic rings. The number of carbonyl (C=O) groups is 2. The maximum atomic E-state index is 12.9. The van der Waals surface area contributed by atoms with Crippen LogP contribution in [0.25, 0.3) is 0 Å². The van der Waals surface area contributed by atoms with Crippen molar-refractivity contribution in [3.8, 4) is 0 Å². The Labute approximate surface area is 178 Å². The van der Waals surface area contributed by atoms with Crippen molar-refractivity contribution in [2.75, 3.05) is 14.2 Å². The number of sulfonamides is 1. The van der Waals surface area contributed by atoms with Crippen LogP contribution in [0, 0.1) is 17.0 Å². The predicted molar refractivity (Wildman–Crippen MR) is 110 cm³/mol. The highest BCUT2D eigenvalue weighted by Crippen LogP contribution is 2.21. The van der Waals surface area contributed by atoms with E-state index in [9.17, 15) is 28.1 Å². The van der Waals surface area contributed by atoms with Crippen molar-refractivity contribution >= 4 is 33.4 Å². The summed E-state index contributed by atoms with van der Waals surface area (Å²) in [6.45, 7) is 1.77. The number of hydrogen-bond acceptors (Lipinski definition) is 8. The highest BCUT2D eigenvalue weighted by molar-refractivity contribution is 7.90. The Morgan fingerprint density at radius 1 is 1.00 bits per heavy atom. The van der Waals surface area contributed by atoms with E-state index in [1.54, 1.807) is 19.1 Å². The molecule has 0 saturated heterocycles. The van der Waals surface area contributed by atoms with E-state index < -0.39 is 38.2 Å². The highest BCUT2D eigenvalue weighted by Gasteiger charge is 2.25. The van der Waals surface area contributed by atoms with Crippen LogP contribution in [0.4, 0.5) is 5.69 Å². The Morgan fingerprint density at radius 2 is 1.58 bits per heavy atom. The van der Waals surface area contributed by atoms with Gasteiger partial charge >= 0.3 is 11.9 Å². The minimum Gasteiger partial charge on any atom is -0.466 e. The number of nitro groups is 1. The van der Waals surface area contributed by atoms with Crippen molar-refractivity contribution in [1.82, 2.24) is 0 Å². The van der Waals surface area contributed by atoms with E-state index >= 15 is 0 Å². The minimum absolute atomic E-state index is 0.0295. The van der Waals surface area contributed by atoms with E-state index in [2.05, 4.69) is 13.9 Å². The fourth-order valence-electron chi connectivity index (χ4n) is 2.39. The summed E-state index contributed by atoms with van der Waals surface area (Å²) in [5.41, 5.74) is -0.353. The Kier molecular flexibility index (Phi) is 7.37. The van der Waals surface area contributed by atoms with Gasteiger partial charge in [-0.15, -0.1) is 0 Å². The molecule has 11 heteroatoms. The lowest BCUT2D eigenvalue weighted by molar-refractivity contribution is -0.384. The average molecular weight is 446 g/mol. The topological polar surface area (TPSA) is 142 Å². The maximum Gasteiger partial charge on any atom is 0.340 e. The number of nitro benzene ring substituents is 1. The summed E-state index contributed by atoms with van der Waals surface area (Å²) in [4.78, 5) is 34.3. The third-order valence-corrected chi connectivity index (χ3v) is 5.30. The van der Waals surface area contributed by atoms with E-state index in [0.29, 0.717) is 0 Å². The van der Waals surface area contributed by atoms with Crippen LogP contribution in [0.3, 0.4) is 0 Å². The smallest absolute Gasteiger partial charge is 0.340 e. The van der Waals surface area contributed by atoms with Gasteiger partial charge in [-0.25, -0.2) is 9.59 Å². The Hall–Kier alpha value is -3.86. The molecule has 0 radical (unpaired) electrons. The van der Waals surface area contributed by atoms with Gasteiger partial charge in [-0.2, -0.15) is 12.8 Å². The first-order valence-corrected chi connectivity index (χ1v) is 10.1. The molecule has 31 heavy (non-hydrogen) atoms. The van der Waals surface area contributed by atoms with Gasteiger partial charge < -0.3 is 9.47 Å². The molecule has 0 heterocycles. The molecule has 2 aromatic carbocycles. The average Bonchev–Trinajstić information content (AvgIpc) is 2.75. The fraction of sp³-hybridized carbons (Fsp3) is 0.150. The van der Waals surface area contributed by atoms with Gasteiger partial charge in [0.05, 0.1) is 35.3 Å². The number of carbonyl (C=O) groups excluding carboxylic acids is 2. The van der Waals surface area contributed by atoms with Crippen LogP contribution in [0.5, 0.6) is 0 Å². The molecule has 0 spiro atoms. The number of non-ortho nitro benzene ring substituents is 1. The van der Waals surface area contributed by atoms with Gasteiger partial charge in [0.15, 0.2) is 0 Å². The first-order chi connectivity index (χ1) is 14.6. The van der Waals surface area contributed by atoms with Crippen molar-refractivity contribution in [2.45, 2.75) is 11.8 Å². The summed E-state index contributed by atoms with van der Waals surface area (Å²) >= 11 is 0. The number of rotatable bonds is 7. The molecular formula is C20H18N2O8S. The normalized spacial score (nSPS) is 12.2. The van der Waals surface area contributed by atoms with Crippen LogP contribution in [-0.4, -0.2) is 45.2 Å². The molecule has 0 aliphatic carbocycles. The zero-order chi connectivity index (χ0) is 23.2. The molecule has 0 amide bonds. The van der Waals surface area contributed by atoms with Crippen molar-refractivity contribution in [1.29, 1.82) is 0 Å². The van der Waals surface area contributed by atoms with Crippen LogP contribution >= 0.6 is 0 Å². The van der Waals surface area contributed by atoms with Gasteiger partial charge in [-0.3, -0.25) is 10.1 Å². The molecule has 0 aromatic heterocycles. The van der Waals surface area contributed by atoms with Crippen LogP contribution in [-0.2, 0) is 29.1 Å². The zero-order valence-corrected chi connectivity index (χ0v) is 17.6. The summed E-state index contributed by atoms with van der Waals surface area (Å²) in [7, 11) is -2.22. The van der Waals surface area contributed by atoms with Crippen molar-refractivity contribution in [2.24, 2.45) is 4.40 Å². The van der Waals surface area contributed by atoms with Gasteiger partial charge in [0, 0.05) is 23.8 Å². The van der Waals surface area contributed by atoms with Gasteiger partial charge in [0.1, 0.15) is 0 Å². The quantitative estimate of drug-likeness (QED) is 0.207.